The predicted molar refractivity (Wildman–Crippen MR) is 85.0 cm³/mol. The highest BCUT2D eigenvalue weighted by molar-refractivity contribution is 5.77. The van der Waals surface area contributed by atoms with E-state index in [0.717, 1.165) is 12.1 Å². The fraction of sp³-hybridized carbons (Fsp3) is 0.312. The molecule has 0 bridgehead atoms. The summed E-state index contributed by atoms with van der Waals surface area (Å²) in [5.74, 6) is 1.38. The number of benzene rings is 1. The van der Waals surface area contributed by atoms with Crippen LogP contribution < -0.4 is 10.1 Å². The number of hydrogen-bond acceptors (Lipinski definition) is 7. The summed E-state index contributed by atoms with van der Waals surface area (Å²) in [6.45, 7) is 0.956. The largest absolute Gasteiger partial charge is 0.487 e. The molecule has 3 aromatic rings. The lowest BCUT2D eigenvalue weighted by Crippen LogP contribution is -2.32. The predicted octanol–water partition coefficient (Wildman–Crippen LogP) is 1.22. The van der Waals surface area contributed by atoms with Crippen molar-refractivity contribution >= 4 is 5.91 Å². The van der Waals surface area contributed by atoms with Crippen LogP contribution in [-0.4, -0.2) is 37.6 Å². The van der Waals surface area contributed by atoms with E-state index in [-0.39, 0.29) is 11.8 Å². The lowest BCUT2D eigenvalue weighted by atomic mass is 9.98. The van der Waals surface area contributed by atoms with E-state index in [4.69, 9.17) is 9.15 Å². The Kier molecular flexibility index (Phi) is 4.11. The number of carbonyl (C=O) groups excluding carboxylic acids is 1. The summed E-state index contributed by atoms with van der Waals surface area (Å²) in [4.78, 5) is 15.9. The van der Waals surface area contributed by atoms with Crippen LogP contribution >= 0.6 is 0 Å². The van der Waals surface area contributed by atoms with E-state index in [2.05, 4.69) is 25.8 Å². The second kappa shape index (κ2) is 6.71. The fourth-order valence-electron chi connectivity index (χ4n) is 2.70. The molecule has 0 radical (unpaired) electrons. The number of ether oxygens (including phenoxy) is 1. The Balaban J connectivity index is 1.36. The molecule has 0 spiro atoms. The maximum absolute atomic E-state index is 11.5. The van der Waals surface area contributed by atoms with Gasteiger partial charge in [-0.25, -0.2) is 9.67 Å². The Morgan fingerprint density at radius 1 is 1.32 bits per heavy atom. The molecule has 4 rings (SSSR count). The molecular formula is C16H16N6O3. The molecule has 1 aromatic carbocycles. The zero-order valence-electron chi connectivity index (χ0n) is 13.3. The Labute approximate surface area is 143 Å². The third-order valence-corrected chi connectivity index (χ3v) is 4.00. The van der Waals surface area contributed by atoms with Crippen molar-refractivity contribution in [2.75, 3.05) is 6.54 Å². The minimum atomic E-state index is 0.0370. The summed E-state index contributed by atoms with van der Waals surface area (Å²) in [5, 5.41) is 13.8. The van der Waals surface area contributed by atoms with Crippen LogP contribution in [0, 0.1) is 0 Å². The third kappa shape index (κ3) is 3.49. The van der Waals surface area contributed by atoms with Crippen molar-refractivity contribution in [2.45, 2.75) is 25.4 Å². The molecule has 1 unspecified atom stereocenters. The van der Waals surface area contributed by atoms with Gasteiger partial charge in [-0.2, -0.15) is 0 Å². The molecule has 9 heteroatoms. The van der Waals surface area contributed by atoms with Crippen molar-refractivity contribution in [3.63, 3.8) is 0 Å². The molecule has 1 atom stereocenters. The van der Waals surface area contributed by atoms with E-state index in [1.807, 2.05) is 24.3 Å². The van der Waals surface area contributed by atoms with Gasteiger partial charge in [0.2, 0.25) is 5.91 Å². The maximum Gasteiger partial charge on any atom is 0.220 e. The van der Waals surface area contributed by atoms with Crippen molar-refractivity contribution < 1.29 is 13.9 Å². The highest BCUT2D eigenvalue weighted by atomic mass is 16.5. The van der Waals surface area contributed by atoms with Gasteiger partial charge in [0.15, 0.2) is 5.89 Å². The molecule has 3 heterocycles. The van der Waals surface area contributed by atoms with Gasteiger partial charge in [-0.05, 0) is 41.1 Å². The molecule has 1 aliphatic heterocycles. The summed E-state index contributed by atoms with van der Waals surface area (Å²) in [5.41, 5.74) is 1.54. The highest BCUT2D eigenvalue weighted by Gasteiger charge is 2.24. The number of rotatable bonds is 5. The topological polar surface area (TPSA) is 108 Å². The van der Waals surface area contributed by atoms with Crippen LogP contribution in [0.3, 0.4) is 0 Å². The molecule has 1 amide bonds. The zero-order chi connectivity index (χ0) is 17.1. The molecule has 1 fully saturated rings. The molecule has 0 aliphatic carbocycles. The summed E-state index contributed by atoms with van der Waals surface area (Å²) in [6.07, 6.45) is 4.36. The number of nitrogens with one attached hydrogen (secondary N) is 1. The normalized spacial score (nSPS) is 17.3. The highest BCUT2D eigenvalue weighted by Crippen LogP contribution is 2.25. The van der Waals surface area contributed by atoms with Gasteiger partial charge < -0.3 is 14.5 Å². The smallest absolute Gasteiger partial charge is 0.220 e. The van der Waals surface area contributed by atoms with E-state index >= 15 is 0 Å². The lowest BCUT2D eigenvalue weighted by Gasteiger charge is -2.18. The number of oxazole rings is 1. The molecule has 1 N–H and O–H groups in total. The van der Waals surface area contributed by atoms with E-state index in [1.54, 1.807) is 10.9 Å². The second-order valence-corrected chi connectivity index (χ2v) is 5.75. The number of amides is 1. The molecule has 1 aliphatic rings. The van der Waals surface area contributed by atoms with Gasteiger partial charge in [0.1, 0.15) is 30.6 Å². The van der Waals surface area contributed by atoms with Gasteiger partial charge in [0.05, 0.1) is 5.69 Å². The van der Waals surface area contributed by atoms with Gasteiger partial charge in [0, 0.05) is 18.9 Å². The Morgan fingerprint density at radius 2 is 2.20 bits per heavy atom. The molecule has 128 valence electrons. The van der Waals surface area contributed by atoms with Crippen LogP contribution in [0.25, 0.3) is 5.69 Å². The monoisotopic (exact) mass is 340 g/mol. The Morgan fingerprint density at radius 3 is 2.96 bits per heavy atom. The number of tetrazole rings is 1. The maximum atomic E-state index is 11.5. The van der Waals surface area contributed by atoms with Crippen molar-refractivity contribution in [1.82, 2.24) is 30.5 Å². The molecule has 2 aromatic heterocycles. The zero-order valence-corrected chi connectivity index (χ0v) is 13.3. The van der Waals surface area contributed by atoms with Gasteiger partial charge in [-0.1, -0.05) is 0 Å². The summed E-state index contributed by atoms with van der Waals surface area (Å²) < 4.78 is 12.8. The first-order valence-corrected chi connectivity index (χ1v) is 7.95. The van der Waals surface area contributed by atoms with Crippen LogP contribution in [0.2, 0.25) is 0 Å². The SMILES string of the molecule is O=C1CC(c2nc(COc3ccc(-n4cnnn4)cc3)co2)CCN1. The average molecular weight is 340 g/mol. The van der Waals surface area contributed by atoms with E-state index in [0.29, 0.717) is 36.9 Å². The average Bonchev–Trinajstić information content (AvgIpc) is 3.32. The summed E-state index contributed by atoms with van der Waals surface area (Å²) in [6, 6.07) is 7.40. The van der Waals surface area contributed by atoms with Crippen LogP contribution in [0.1, 0.15) is 30.3 Å². The number of hydrogen-bond donors (Lipinski definition) is 1. The Bertz CT molecular complexity index is 843. The third-order valence-electron chi connectivity index (χ3n) is 4.00. The second-order valence-electron chi connectivity index (χ2n) is 5.75. The Hall–Kier alpha value is -3.23. The first-order valence-electron chi connectivity index (χ1n) is 7.95. The molecular weight excluding hydrogens is 324 g/mol. The first-order chi connectivity index (χ1) is 12.3. The van der Waals surface area contributed by atoms with Crippen LogP contribution in [0.4, 0.5) is 0 Å². The fourth-order valence-corrected chi connectivity index (χ4v) is 2.70. The van der Waals surface area contributed by atoms with E-state index in [9.17, 15) is 4.79 Å². The van der Waals surface area contributed by atoms with Crippen LogP contribution in [0.5, 0.6) is 5.75 Å². The molecule has 1 saturated heterocycles. The van der Waals surface area contributed by atoms with Gasteiger partial charge in [-0.3, -0.25) is 4.79 Å². The van der Waals surface area contributed by atoms with E-state index in [1.165, 1.54) is 6.33 Å². The molecule has 25 heavy (non-hydrogen) atoms. The quantitative estimate of drug-likeness (QED) is 0.744. The first kappa shape index (κ1) is 15.3. The van der Waals surface area contributed by atoms with Gasteiger partial charge in [-0.15, -0.1) is 5.10 Å². The minimum Gasteiger partial charge on any atom is -0.487 e. The van der Waals surface area contributed by atoms with Crippen molar-refractivity contribution in [3.05, 3.63) is 48.4 Å². The summed E-state index contributed by atoms with van der Waals surface area (Å²) >= 11 is 0. The van der Waals surface area contributed by atoms with Crippen molar-refractivity contribution in [1.29, 1.82) is 0 Å². The molecule has 0 saturated carbocycles. The lowest BCUT2D eigenvalue weighted by molar-refractivity contribution is -0.122. The number of nitrogens with zero attached hydrogens (tertiary/aromatic N) is 5. The minimum absolute atomic E-state index is 0.0370. The molecule has 9 nitrogen and oxygen atoms in total. The standard InChI is InChI=1S/C16H16N6O3/c23-15-7-11(5-6-17-15)16-19-12(9-25-16)8-24-14-3-1-13(2-4-14)22-10-18-20-21-22/h1-4,9-11H,5-8H2,(H,17,23). The van der Waals surface area contributed by atoms with Gasteiger partial charge in [0.25, 0.3) is 0 Å². The summed E-state index contributed by atoms with van der Waals surface area (Å²) in [7, 11) is 0. The van der Waals surface area contributed by atoms with Crippen molar-refractivity contribution in [3.8, 4) is 11.4 Å². The van der Waals surface area contributed by atoms with Crippen LogP contribution in [-0.2, 0) is 11.4 Å². The number of aromatic nitrogens is 5. The van der Waals surface area contributed by atoms with Crippen molar-refractivity contribution in [2.24, 2.45) is 0 Å². The van der Waals surface area contributed by atoms with Crippen LogP contribution in [0.15, 0.2) is 41.3 Å². The number of carbonyl (C=O) groups is 1. The van der Waals surface area contributed by atoms with Gasteiger partial charge >= 0.3 is 0 Å². The van der Waals surface area contributed by atoms with E-state index < -0.39 is 0 Å². The number of piperidine rings is 1.